The maximum Gasteiger partial charge on any atom is 0.320 e. The average Bonchev–Trinajstić information content (AvgIpc) is 2.95. The van der Waals surface area contributed by atoms with Gasteiger partial charge in [-0.15, -0.1) is 0 Å². The van der Waals surface area contributed by atoms with Crippen LogP contribution in [0.3, 0.4) is 0 Å². The Balaban J connectivity index is 1.83. The Labute approximate surface area is 123 Å². The summed E-state index contributed by atoms with van der Waals surface area (Å²) in [5.74, 6) is 0.505. The lowest BCUT2D eigenvalue weighted by Gasteiger charge is -2.10. The summed E-state index contributed by atoms with van der Waals surface area (Å²) < 4.78 is 6.82. The van der Waals surface area contributed by atoms with Crippen LogP contribution in [0.1, 0.15) is 18.5 Å². The molecule has 0 aliphatic rings. The summed E-state index contributed by atoms with van der Waals surface area (Å²) in [5.41, 5.74) is 0.986. The van der Waals surface area contributed by atoms with Gasteiger partial charge < -0.3 is 10.1 Å². The van der Waals surface area contributed by atoms with Gasteiger partial charge in [0.25, 0.3) is 0 Å². The second-order valence-electron chi connectivity index (χ2n) is 4.65. The Morgan fingerprint density at radius 2 is 2.14 bits per heavy atom. The van der Waals surface area contributed by atoms with Crippen molar-refractivity contribution in [3.05, 3.63) is 42.4 Å². The SMILES string of the molecule is COC[C@H](C)n1ccc(NC(=O)NCc2ccncc2)n1. The number of hydrogen-bond acceptors (Lipinski definition) is 4. The molecule has 2 heterocycles. The predicted octanol–water partition coefficient (Wildman–Crippen LogP) is 1.81. The van der Waals surface area contributed by atoms with Gasteiger partial charge in [-0.1, -0.05) is 0 Å². The van der Waals surface area contributed by atoms with Crippen LogP contribution >= 0.6 is 0 Å². The first-order chi connectivity index (χ1) is 10.2. The average molecular weight is 289 g/mol. The van der Waals surface area contributed by atoms with Crippen LogP contribution in [-0.4, -0.2) is 34.5 Å². The fourth-order valence-corrected chi connectivity index (χ4v) is 1.81. The Morgan fingerprint density at radius 3 is 2.86 bits per heavy atom. The van der Waals surface area contributed by atoms with Crippen LogP contribution in [0.15, 0.2) is 36.8 Å². The molecule has 0 saturated heterocycles. The van der Waals surface area contributed by atoms with Crippen LogP contribution in [0.2, 0.25) is 0 Å². The molecule has 0 spiro atoms. The number of aromatic nitrogens is 3. The molecule has 2 N–H and O–H groups in total. The van der Waals surface area contributed by atoms with Gasteiger partial charge in [0.2, 0.25) is 0 Å². The molecule has 2 amide bonds. The standard InChI is InChI=1S/C14H19N5O2/c1-11(10-21-2)19-8-5-13(18-19)17-14(20)16-9-12-3-6-15-7-4-12/h3-8,11H,9-10H2,1-2H3,(H2,16,17,18,20)/t11-/m0/s1. The van der Waals surface area contributed by atoms with Crippen molar-refractivity contribution in [3.8, 4) is 0 Å². The Morgan fingerprint density at radius 1 is 1.38 bits per heavy atom. The first-order valence-electron chi connectivity index (χ1n) is 6.67. The maximum absolute atomic E-state index is 11.8. The zero-order valence-electron chi connectivity index (χ0n) is 12.1. The molecular formula is C14H19N5O2. The molecule has 0 bridgehead atoms. The summed E-state index contributed by atoms with van der Waals surface area (Å²) >= 11 is 0. The fourth-order valence-electron chi connectivity index (χ4n) is 1.81. The number of nitrogens with zero attached hydrogens (tertiary/aromatic N) is 3. The van der Waals surface area contributed by atoms with Crippen molar-refractivity contribution >= 4 is 11.8 Å². The molecule has 21 heavy (non-hydrogen) atoms. The van der Waals surface area contributed by atoms with E-state index in [0.29, 0.717) is 19.0 Å². The molecule has 2 rings (SSSR count). The normalized spacial score (nSPS) is 11.9. The van der Waals surface area contributed by atoms with E-state index in [-0.39, 0.29) is 12.1 Å². The Kier molecular flexibility index (Phi) is 5.28. The number of amides is 2. The van der Waals surface area contributed by atoms with E-state index in [0.717, 1.165) is 5.56 Å². The molecular weight excluding hydrogens is 270 g/mol. The highest BCUT2D eigenvalue weighted by Gasteiger charge is 2.08. The van der Waals surface area contributed by atoms with Crippen molar-refractivity contribution in [2.24, 2.45) is 0 Å². The van der Waals surface area contributed by atoms with Crippen LogP contribution in [0.5, 0.6) is 0 Å². The summed E-state index contributed by atoms with van der Waals surface area (Å²) in [6, 6.07) is 5.27. The maximum atomic E-state index is 11.8. The third kappa shape index (κ3) is 4.57. The molecule has 0 aliphatic heterocycles. The van der Waals surface area contributed by atoms with Gasteiger partial charge in [0, 0.05) is 38.3 Å². The van der Waals surface area contributed by atoms with E-state index in [1.165, 1.54) is 0 Å². The fraction of sp³-hybridized carbons (Fsp3) is 0.357. The highest BCUT2D eigenvalue weighted by Crippen LogP contribution is 2.09. The third-order valence-corrected chi connectivity index (χ3v) is 2.91. The smallest absolute Gasteiger partial charge is 0.320 e. The summed E-state index contributed by atoms with van der Waals surface area (Å²) in [7, 11) is 1.64. The highest BCUT2D eigenvalue weighted by atomic mass is 16.5. The van der Waals surface area contributed by atoms with Gasteiger partial charge in [0.1, 0.15) is 0 Å². The molecule has 2 aromatic rings. The van der Waals surface area contributed by atoms with E-state index in [9.17, 15) is 4.79 Å². The van der Waals surface area contributed by atoms with Gasteiger partial charge >= 0.3 is 6.03 Å². The topological polar surface area (TPSA) is 81.1 Å². The number of urea groups is 1. The monoisotopic (exact) mass is 289 g/mol. The largest absolute Gasteiger partial charge is 0.382 e. The number of carbonyl (C=O) groups excluding carboxylic acids is 1. The molecule has 7 heteroatoms. The van der Waals surface area contributed by atoms with Gasteiger partial charge in [-0.2, -0.15) is 5.10 Å². The second-order valence-corrected chi connectivity index (χ2v) is 4.65. The van der Waals surface area contributed by atoms with E-state index >= 15 is 0 Å². The predicted molar refractivity (Wildman–Crippen MR) is 78.9 cm³/mol. The van der Waals surface area contributed by atoms with Gasteiger partial charge in [-0.3, -0.25) is 15.0 Å². The highest BCUT2D eigenvalue weighted by molar-refractivity contribution is 5.88. The molecule has 0 fully saturated rings. The molecule has 1 atom stereocenters. The summed E-state index contributed by atoms with van der Waals surface area (Å²) in [4.78, 5) is 15.7. The van der Waals surface area contributed by atoms with Crippen molar-refractivity contribution in [2.45, 2.75) is 19.5 Å². The minimum Gasteiger partial charge on any atom is -0.382 e. The zero-order chi connectivity index (χ0) is 15.1. The number of methoxy groups -OCH3 is 1. The first kappa shape index (κ1) is 15.0. The molecule has 112 valence electrons. The molecule has 0 aliphatic carbocycles. The quantitative estimate of drug-likeness (QED) is 0.849. The Hall–Kier alpha value is -2.41. The number of ether oxygens (including phenoxy) is 1. The number of hydrogen-bond donors (Lipinski definition) is 2. The number of rotatable bonds is 6. The number of carbonyl (C=O) groups is 1. The van der Waals surface area contributed by atoms with Crippen molar-refractivity contribution in [2.75, 3.05) is 19.0 Å². The molecule has 0 radical (unpaired) electrons. The van der Waals surface area contributed by atoms with E-state index in [1.807, 2.05) is 25.3 Å². The zero-order valence-corrected chi connectivity index (χ0v) is 12.1. The number of pyridine rings is 1. The van der Waals surface area contributed by atoms with Crippen molar-refractivity contribution < 1.29 is 9.53 Å². The molecule has 0 aromatic carbocycles. The van der Waals surface area contributed by atoms with Crippen LogP contribution in [0.4, 0.5) is 10.6 Å². The van der Waals surface area contributed by atoms with Crippen LogP contribution in [0, 0.1) is 0 Å². The van der Waals surface area contributed by atoms with Gasteiger partial charge in [-0.25, -0.2) is 4.79 Å². The third-order valence-electron chi connectivity index (χ3n) is 2.91. The van der Waals surface area contributed by atoms with Crippen molar-refractivity contribution in [1.82, 2.24) is 20.1 Å². The molecule has 2 aromatic heterocycles. The number of anilines is 1. The minimum absolute atomic E-state index is 0.116. The molecule has 0 saturated carbocycles. The summed E-state index contributed by atoms with van der Waals surface area (Å²) in [6.07, 6.45) is 5.18. The summed E-state index contributed by atoms with van der Waals surface area (Å²) in [6.45, 7) is 2.99. The van der Waals surface area contributed by atoms with Gasteiger partial charge in [0.15, 0.2) is 5.82 Å². The number of nitrogens with one attached hydrogen (secondary N) is 2. The van der Waals surface area contributed by atoms with Crippen molar-refractivity contribution in [1.29, 1.82) is 0 Å². The first-order valence-corrected chi connectivity index (χ1v) is 6.67. The van der Waals surface area contributed by atoms with E-state index < -0.39 is 0 Å². The van der Waals surface area contributed by atoms with Crippen molar-refractivity contribution in [3.63, 3.8) is 0 Å². The summed E-state index contributed by atoms with van der Waals surface area (Å²) in [5, 5.41) is 9.73. The van der Waals surface area contributed by atoms with Gasteiger partial charge in [0.05, 0.1) is 12.6 Å². The van der Waals surface area contributed by atoms with Crippen LogP contribution < -0.4 is 10.6 Å². The van der Waals surface area contributed by atoms with E-state index in [2.05, 4.69) is 20.7 Å². The lowest BCUT2D eigenvalue weighted by atomic mass is 10.3. The van der Waals surface area contributed by atoms with Crippen LogP contribution in [-0.2, 0) is 11.3 Å². The van der Waals surface area contributed by atoms with E-state index in [1.54, 1.807) is 30.3 Å². The second kappa shape index (κ2) is 7.39. The van der Waals surface area contributed by atoms with Gasteiger partial charge in [-0.05, 0) is 24.6 Å². The Bertz CT molecular complexity index is 570. The van der Waals surface area contributed by atoms with E-state index in [4.69, 9.17) is 4.74 Å². The lowest BCUT2D eigenvalue weighted by molar-refractivity contribution is 0.157. The van der Waals surface area contributed by atoms with Crippen LogP contribution in [0.25, 0.3) is 0 Å². The molecule has 7 nitrogen and oxygen atoms in total. The molecule has 0 unspecified atom stereocenters. The minimum atomic E-state index is -0.295. The lowest BCUT2D eigenvalue weighted by Crippen LogP contribution is -2.28.